The van der Waals surface area contributed by atoms with E-state index in [1.807, 2.05) is 0 Å². The van der Waals surface area contributed by atoms with E-state index in [-0.39, 0.29) is 18.9 Å². The molecule has 10 heteroatoms. The number of hydrogen-bond acceptors (Lipinski definition) is 6. The molecule has 0 aliphatic carbocycles. The van der Waals surface area contributed by atoms with Gasteiger partial charge < -0.3 is 32.1 Å². The van der Waals surface area contributed by atoms with E-state index in [2.05, 4.69) is 5.32 Å². The van der Waals surface area contributed by atoms with Crippen LogP contribution in [0, 0.1) is 0 Å². The van der Waals surface area contributed by atoms with Crippen molar-refractivity contribution in [2.24, 2.45) is 11.5 Å². The highest BCUT2D eigenvalue weighted by Crippen LogP contribution is 1.97. The van der Waals surface area contributed by atoms with Crippen LogP contribution in [-0.4, -0.2) is 58.3 Å². The van der Waals surface area contributed by atoms with Gasteiger partial charge in [0.25, 0.3) is 0 Å². The molecule has 0 aliphatic rings. The molecule has 0 spiro atoms. The minimum atomic E-state index is -1.82. The second-order valence-electron chi connectivity index (χ2n) is 3.94. The SMILES string of the molecule is NCCCC[C@H](N)C(=O)NCCC(=O)O.O=C(O)C(=O)O. The summed E-state index contributed by atoms with van der Waals surface area (Å²) in [6.45, 7) is 0.714. The Balaban J connectivity index is 0. The first-order chi connectivity index (χ1) is 9.72. The Bertz CT molecular complexity index is 348. The highest BCUT2D eigenvalue weighted by atomic mass is 16.4. The quantitative estimate of drug-likeness (QED) is 0.221. The van der Waals surface area contributed by atoms with Gasteiger partial charge in [-0.2, -0.15) is 0 Å². The number of unbranched alkanes of at least 4 members (excludes halogenated alkanes) is 1. The zero-order valence-corrected chi connectivity index (χ0v) is 11.4. The number of nitrogens with two attached hydrogens (primary N) is 2. The second kappa shape index (κ2) is 12.8. The van der Waals surface area contributed by atoms with E-state index in [0.29, 0.717) is 13.0 Å². The third-order valence-corrected chi connectivity index (χ3v) is 2.13. The molecule has 0 bridgehead atoms. The minimum Gasteiger partial charge on any atom is -0.481 e. The summed E-state index contributed by atoms with van der Waals surface area (Å²) in [5, 5.41) is 25.6. The normalized spacial score (nSPS) is 10.8. The number of amides is 1. The third kappa shape index (κ3) is 15.7. The van der Waals surface area contributed by atoms with E-state index < -0.39 is 23.9 Å². The molecule has 1 atom stereocenters. The fourth-order valence-corrected chi connectivity index (χ4v) is 1.06. The zero-order chi connectivity index (χ0) is 16.8. The van der Waals surface area contributed by atoms with Gasteiger partial charge in [0.1, 0.15) is 0 Å². The minimum absolute atomic E-state index is 0.0821. The first-order valence-corrected chi connectivity index (χ1v) is 6.13. The summed E-state index contributed by atoms with van der Waals surface area (Å²) in [7, 11) is 0. The standard InChI is InChI=1S/C9H19N3O3.C2H2O4/c10-5-2-1-3-7(11)9(15)12-6-4-8(13)14;3-1(4)2(5)6/h7H,1-6,10-11H2,(H,12,15)(H,13,14);(H,3,4)(H,5,6)/t7-;/m0./s1. The molecule has 1 amide bonds. The fourth-order valence-electron chi connectivity index (χ4n) is 1.06. The van der Waals surface area contributed by atoms with Crippen LogP contribution in [-0.2, 0) is 19.2 Å². The van der Waals surface area contributed by atoms with Crippen LogP contribution in [0.5, 0.6) is 0 Å². The molecule has 0 rings (SSSR count). The Hall–Kier alpha value is -2.20. The summed E-state index contributed by atoms with van der Waals surface area (Å²) in [5.74, 6) is -4.88. The summed E-state index contributed by atoms with van der Waals surface area (Å²) >= 11 is 0. The van der Waals surface area contributed by atoms with Gasteiger partial charge in [0.2, 0.25) is 5.91 Å². The molecule has 21 heavy (non-hydrogen) atoms. The van der Waals surface area contributed by atoms with Crippen molar-refractivity contribution >= 4 is 23.8 Å². The Kier molecular flexibility index (Phi) is 12.9. The van der Waals surface area contributed by atoms with Crippen LogP contribution >= 0.6 is 0 Å². The molecular weight excluding hydrogens is 286 g/mol. The molecule has 0 saturated carbocycles. The van der Waals surface area contributed by atoms with Crippen LogP contribution in [0.3, 0.4) is 0 Å². The molecule has 0 aromatic carbocycles. The Morgan fingerprint density at radius 1 is 1.00 bits per heavy atom. The van der Waals surface area contributed by atoms with Crippen molar-refractivity contribution in [1.82, 2.24) is 5.32 Å². The van der Waals surface area contributed by atoms with Crippen LogP contribution in [0.1, 0.15) is 25.7 Å². The first-order valence-electron chi connectivity index (χ1n) is 6.13. The molecule has 0 aliphatic heterocycles. The highest BCUT2D eigenvalue weighted by molar-refractivity contribution is 6.27. The Labute approximate surface area is 121 Å². The number of carboxylic acids is 3. The van der Waals surface area contributed by atoms with Crippen molar-refractivity contribution in [3.63, 3.8) is 0 Å². The monoisotopic (exact) mass is 307 g/mol. The summed E-state index contributed by atoms with van der Waals surface area (Å²) < 4.78 is 0. The van der Waals surface area contributed by atoms with Gasteiger partial charge in [-0.15, -0.1) is 0 Å². The van der Waals surface area contributed by atoms with Gasteiger partial charge in [0, 0.05) is 6.54 Å². The molecule has 10 nitrogen and oxygen atoms in total. The average Bonchev–Trinajstić information content (AvgIpc) is 2.38. The van der Waals surface area contributed by atoms with Crippen LogP contribution in [0.4, 0.5) is 0 Å². The molecular formula is C11H21N3O7. The van der Waals surface area contributed by atoms with Gasteiger partial charge in [-0.05, 0) is 19.4 Å². The lowest BCUT2D eigenvalue weighted by Gasteiger charge is -2.10. The van der Waals surface area contributed by atoms with Crippen LogP contribution in [0.2, 0.25) is 0 Å². The van der Waals surface area contributed by atoms with E-state index in [1.165, 1.54) is 0 Å². The van der Waals surface area contributed by atoms with E-state index in [0.717, 1.165) is 12.8 Å². The van der Waals surface area contributed by atoms with E-state index in [4.69, 9.17) is 36.4 Å². The van der Waals surface area contributed by atoms with Crippen LogP contribution in [0.25, 0.3) is 0 Å². The van der Waals surface area contributed by atoms with E-state index in [1.54, 1.807) is 0 Å². The molecule has 0 unspecified atom stereocenters. The molecule has 0 heterocycles. The smallest absolute Gasteiger partial charge is 0.414 e. The van der Waals surface area contributed by atoms with E-state index >= 15 is 0 Å². The number of nitrogens with one attached hydrogen (secondary N) is 1. The number of carbonyl (C=O) groups excluding carboxylic acids is 1. The van der Waals surface area contributed by atoms with Gasteiger partial charge in [0.05, 0.1) is 12.5 Å². The van der Waals surface area contributed by atoms with Crippen LogP contribution in [0.15, 0.2) is 0 Å². The molecule has 8 N–H and O–H groups in total. The lowest BCUT2D eigenvalue weighted by Crippen LogP contribution is -2.41. The largest absolute Gasteiger partial charge is 0.481 e. The topological polar surface area (TPSA) is 193 Å². The number of rotatable bonds is 8. The molecule has 122 valence electrons. The van der Waals surface area contributed by atoms with Crippen molar-refractivity contribution < 1.29 is 34.5 Å². The van der Waals surface area contributed by atoms with Crippen molar-refractivity contribution in [2.75, 3.05) is 13.1 Å². The van der Waals surface area contributed by atoms with Crippen molar-refractivity contribution in [3.05, 3.63) is 0 Å². The van der Waals surface area contributed by atoms with Crippen molar-refractivity contribution in [3.8, 4) is 0 Å². The number of carboxylic acid groups (broad SMARTS) is 3. The number of aliphatic carboxylic acids is 3. The lowest BCUT2D eigenvalue weighted by atomic mass is 10.1. The van der Waals surface area contributed by atoms with Crippen molar-refractivity contribution in [2.45, 2.75) is 31.7 Å². The van der Waals surface area contributed by atoms with Gasteiger partial charge in [-0.3, -0.25) is 9.59 Å². The maximum atomic E-state index is 11.3. The molecule has 0 radical (unpaired) electrons. The number of carbonyl (C=O) groups is 4. The predicted octanol–water partition coefficient (Wildman–Crippen LogP) is -1.81. The summed E-state index contributed by atoms with van der Waals surface area (Å²) in [5.41, 5.74) is 10.9. The molecule has 0 aromatic heterocycles. The van der Waals surface area contributed by atoms with Gasteiger partial charge in [0.15, 0.2) is 0 Å². The zero-order valence-electron chi connectivity index (χ0n) is 11.4. The third-order valence-electron chi connectivity index (χ3n) is 2.13. The van der Waals surface area contributed by atoms with E-state index in [9.17, 15) is 9.59 Å². The maximum absolute atomic E-state index is 11.3. The van der Waals surface area contributed by atoms with Gasteiger partial charge in [-0.25, -0.2) is 9.59 Å². The van der Waals surface area contributed by atoms with Gasteiger partial charge in [-0.1, -0.05) is 6.42 Å². The second-order valence-corrected chi connectivity index (χ2v) is 3.94. The Morgan fingerprint density at radius 2 is 1.52 bits per heavy atom. The summed E-state index contributed by atoms with van der Waals surface area (Å²) in [6.07, 6.45) is 2.15. The van der Waals surface area contributed by atoms with Gasteiger partial charge >= 0.3 is 17.9 Å². The Morgan fingerprint density at radius 3 is 1.90 bits per heavy atom. The maximum Gasteiger partial charge on any atom is 0.414 e. The summed E-state index contributed by atoms with van der Waals surface area (Å²) in [6, 6.07) is -0.564. The number of hydrogen-bond donors (Lipinski definition) is 6. The lowest BCUT2D eigenvalue weighted by molar-refractivity contribution is -0.159. The van der Waals surface area contributed by atoms with Crippen molar-refractivity contribution in [1.29, 1.82) is 0 Å². The molecule has 0 aromatic rings. The highest BCUT2D eigenvalue weighted by Gasteiger charge is 2.12. The predicted molar refractivity (Wildman–Crippen MR) is 71.4 cm³/mol. The van der Waals surface area contributed by atoms with Crippen LogP contribution < -0.4 is 16.8 Å². The fraction of sp³-hybridized carbons (Fsp3) is 0.636. The summed E-state index contributed by atoms with van der Waals surface area (Å²) in [4.78, 5) is 39.6. The first kappa shape index (κ1) is 21.1. The molecule has 0 fully saturated rings. The average molecular weight is 307 g/mol. The molecule has 0 saturated heterocycles.